The quantitative estimate of drug-likeness (QED) is 0.530. The van der Waals surface area contributed by atoms with Crippen molar-refractivity contribution >= 4 is 21.8 Å². The van der Waals surface area contributed by atoms with Crippen LogP contribution in [0.1, 0.15) is 42.1 Å². The van der Waals surface area contributed by atoms with Crippen LogP contribution in [-0.4, -0.2) is 24.0 Å². The molecule has 0 atom stereocenters. The second-order valence-electron chi connectivity index (χ2n) is 5.97. The van der Waals surface area contributed by atoms with E-state index in [2.05, 4.69) is 28.9 Å². The number of rotatable bonds is 9. The lowest BCUT2D eigenvalue weighted by Gasteiger charge is -2.22. The van der Waals surface area contributed by atoms with Crippen molar-refractivity contribution in [3.63, 3.8) is 0 Å². The molecule has 0 heterocycles. The zero-order valence-electron chi connectivity index (χ0n) is 15.0. The summed E-state index contributed by atoms with van der Waals surface area (Å²) in [5.41, 5.74) is 1.62. The summed E-state index contributed by atoms with van der Waals surface area (Å²) in [5, 5.41) is 8.90. The Hall–Kier alpha value is -2.32. The maximum Gasteiger partial charge on any atom is 0.254 e. The molecule has 0 aliphatic heterocycles. The molecule has 0 unspecified atom stereocenters. The molecule has 2 aromatic rings. The second kappa shape index (κ2) is 10.6. The third kappa shape index (κ3) is 5.89. The summed E-state index contributed by atoms with van der Waals surface area (Å²) in [7, 11) is 0. The van der Waals surface area contributed by atoms with Crippen molar-refractivity contribution in [3.8, 4) is 11.8 Å². The SMILES string of the molecule is CCCCOc1ccc(C(=O)N(CCC#N)Cc2ccccc2)cc1Br. The number of unbranched alkanes of at least 4 members (excludes halogenated alkanes) is 1. The predicted molar refractivity (Wildman–Crippen MR) is 106 cm³/mol. The van der Waals surface area contributed by atoms with Gasteiger partial charge in [0.05, 0.1) is 23.6 Å². The van der Waals surface area contributed by atoms with E-state index in [1.807, 2.05) is 36.4 Å². The van der Waals surface area contributed by atoms with Crippen LogP contribution in [0.3, 0.4) is 0 Å². The van der Waals surface area contributed by atoms with E-state index < -0.39 is 0 Å². The minimum absolute atomic E-state index is 0.0927. The van der Waals surface area contributed by atoms with Crippen molar-refractivity contribution in [2.24, 2.45) is 0 Å². The molecule has 0 aromatic heterocycles. The van der Waals surface area contributed by atoms with Gasteiger partial charge in [0, 0.05) is 18.7 Å². The molecule has 0 spiro atoms. The van der Waals surface area contributed by atoms with Gasteiger partial charge in [-0.25, -0.2) is 0 Å². The van der Waals surface area contributed by atoms with Crippen LogP contribution >= 0.6 is 15.9 Å². The highest BCUT2D eigenvalue weighted by Gasteiger charge is 2.17. The summed E-state index contributed by atoms with van der Waals surface area (Å²) < 4.78 is 6.48. The fourth-order valence-electron chi connectivity index (χ4n) is 2.50. The summed E-state index contributed by atoms with van der Waals surface area (Å²) in [6.07, 6.45) is 2.37. The van der Waals surface area contributed by atoms with E-state index in [-0.39, 0.29) is 5.91 Å². The van der Waals surface area contributed by atoms with Gasteiger partial charge < -0.3 is 9.64 Å². The van der Waals surface area contributed by atoms with Crippen LogP contribution in [0.5, 0.6) is 5.75 Å². The van der Waals surface area contributed by atoms with Crippen LogP contribution in [0, 0.1) is 11.3 Å². The van der Waals surface area contributed by atoms with Crippen molar-refractivity contribution in [3.05, 3.63) is 64.1 Å². The number of hydrogen-bond donors (Lipinski definition) is 0. The highest BCUT2D eigenvalue weighted by molar-refractivity contribution is 9.10. The largest absolute Gasteiger partial charge is 0.492 e. The van der Waals surface area contributed by atoms with Crippen LogP contribution in [0.25, 0.3) is 0 Å². The predicted octanol–water partition coefficient (Wildman–Crippen LogP) is 5.18. The lowest BCUT2D eigenvalue weighted by Crippen LogP contribution is -2.31. The molecule has 0 N–H and O–H groups in total. The first kappa shape index (κ1) is 20.0. The summed E-state index contributed by atoms with van der Waals surface area (Å²) in [6.45, 7) is 3.65. The lowest BCUT2D eigenvalue weighted by molar-refractivity contribution is 0.0746. The molecule has 1 amide bonds. The highest BCUT2D eigenvalue weighted by atomic mass is 79.9. The van der Waals surface area contributed by atoms with E-state index in [0.717, 1.165) is 28.6 Å². The number of carbonyl (C=O) groups excluding carboxylic acids is 1. The highest BCUT2D eigenvalue weighted by Crippen LogP contribution is 2.27. The molecule has 0 aliphatic carbocycles. The average molecular weight is 415 g/mol. The Morgan fingerprint density at radius 3 is 2.65 bits per heavy atom. The van der Waals surface area contributed by atoms with E-state index in [0.29, 0.717) is 31.7 Å². The molecule has 0 saturated heterocycles. The van der Waals surface area contributed by atoms with Gasteiger partial charge in [0.2, 0.25) is 0 Å². The smallest absolute Gasteiger partial charge is 0.254 e. The molecule has 4 nitrogen and oxygen atoms in total. The lowest BCUT2D eigenvalue weighted by atomic mass is 10.1. The molecule has 0 radical (unpaired) electrons. The van der Waals surface area contributed by atoms with E-state index in [1.165, 1.54) is 0 Å². The monoisotopic (exact) mass is 414 g/mol. The minimum atomic E-state index is -0.0927. The van der Waals surface area contributed by atoms with Crippen molar-refractivity contribution in [1.29, 1.82) is 5.26 Å². The Morgan fingerprint density at radius 2 is 2.00 bits per heavy atom. The maximum atomic E-state index is 12.9. The molecule has 0 fully saturated rings. The van der Waals surface area contributed by atoms with Gasteiger partial charge in [0.15, 0.2) is 0 Å². The van der Waals surface area contributed by atoms with Gasteiger partial charge >= 0.3 is 0 Å². The minimum Gasteiger partial charge on any atom is -0.492 e. The fourth-order valence-corrected chi connectivity index (χ4v) is 2.99. The number of ether oxygens (including phenoxy) is 1. The molecule has 0 bridgehead atoms. The number of amides is 1. The van der Waals surface area contributed by atoms with Crippen LogP contribution < -0.4 is 4.74 Å². The molecular formula is C21H23BrN2O2. The van der Waals surface area contributed by atoms with Gasteiger partial charge in [0.25, 0.3) is 5.91 Å². The first-order chi connectivity index (χ1) is 12.7. The molecule has 2 aromatic carbocycles. The Bertz CT molecular complexity index is 756. The summed E-state index contributed by atoms with van der Waals surface area (Å²) >= 11 is 3.49. The number of nitriles is 1. The van der Waals surface area contributed by atoms with E-state index in [4.69, 9.17) is 10.00 Å². The summed E-state index contributed by atoms with van der Waals surface area (Å²) in [4.78, 5) is 14.6. The molecule has 5 heteroatoms. The Labute approximate surface area is 163 Å². The van der Waals surface area contributed by atoms with Gasteiger partial charge in [-0.1, -0.05) is 43.7 Å². The van der Waals surface area contributed by atoms with Crippen molar-refractivity contribution in [2.45, 2.75) is 32.7 Å². The molecular weight excluding hydrogens is 392 g/mol. The number of halogens is 1. The number of benzene rings is 2. The Kier molecular flexibility index (Phi) is 8.17. The molecule has 0 saturated carbocycles. The zero-order chi connectivity index (χ0) is 18.8. The maximum absolute atomic E-state index is 12.9. The van der Waals surface area contributed by atoms with Gasteiger partial charge in [-0.2, -0.15) is 5.26 Å². The number of hydrogen-bond acceptors (Lipinski definition) is 3. The Balaban J connectivity index is 2.14. The van der Waals surface area contributed by atoms with Gasteiger partial charge in [-0.05, 0) is 46.1 Å². The molecule has 26 heavy (non-hydrogen) atoms. The number of carbonyl (C=O) groups is 1. The van der Waals surface area contributed by atoms with Gasteiger partial charge in [0.1, 0.15) is 5.75 Å². The van der Waals surface area contributed by atoms with Crippen molar-refractivity contribution in [2.75, 3.05) is 13.2 Å². The number of nitrogens with zero attached hydrogens (tertiary/aromatic N) is 2. The van der Waals surface area contributed by atoms with Crippen molar-refractivity contribution < 1.29 is 9.53 Å². The fraction of sp³-hybridized carbons (Fsp3) is 0.333. The normalized spacial score (nSPS) is 10.2. The van der Waals surface area contributed by atoms with Crippen molar-refractivity contribution in [1.82, 2.24) is 4.90 Å². The van der Waals surface area contributed by atoms with E-state index >= 15 is 0 Å². The second-order valence-corrected chi connectivity index (χ2v) is 6.82. The zero-order valence-corrected chi connectivity index (χ0v) is 16.5. The third-order valence-electron chi connectivity index (χ3n) is 3.93. The van der Waals surface area contributed by atoms with Crippen LogP contribution in [0.4, 0.5) is 0 Å². The first-order valence-corrected chi connectivity index (χ1v) is 9.57. The topological polar surface area (TPSA) is 53.3 Å². The standard InChI is InChI=1S/C21H23BrN2O2/c1-2-3-14-26-20-11-10-18(15-19(20)22)21(25)24(13-7-12-23)16-17-8-5-4-6-9-17/h4-6,8-11,15H,2-3,7,13-14,16H2,1H3. The van der Waals surface area contributed by atoms with Crippen LogP contribution in [0.2, 0.25) is 0 Å². The average Bonchev–Trinajstić information content (AvgIpc) is 2.66. The Morgan fingerprint density at radius 1 is 1.23 bits per heavy atom. The molecule has 2 rings (SSSR count). The molecule has 0 aliphatic rings. The first-order valence-electron chi connectivity index (χ1n) is 8.78. The van der Waals surface area contributed by atoms with E-state index in [9.17, 15) is 4.79 Å². The van der Waals surface area contributed by atoms with Crippen LogP contribution in [0.15, 0.2) is 53.0 Å². The summed E-state index contributed by atoms with van der Waals surface area (Å²) in [5.74, 6) is 0.645. The van der Waals surface area contributed by atoms with E-state index in [1.54, 1.807) is 17.0 Å². The summed E-state index contributed by atoms with van der Waals surface area (Å²) in [6, 6.07) is 17.3. The molecule has 136 valence electrons. The van der Waals surface area contributed by atoms with Gasteiger partial charge in [-0.3, -0.25) is 4.79 Å². The van der Waals surface area contributed by atoms with Crippen LogP contribution in [-0.2, 0) is 6.54 Å². The third-order valence-corrected chi connectivity index (χ3v) is 4.55. The van der Waals surface area contributed by atoms with Gasteiger partial charge in [-0.15, -0.1) is 0 Å².